The van der Waals surface area contributed by atoms with E-state index in [4.69, 9.17) is 17.5 Å². The van der Waals surface area contributed by atoms with Crippen molar-refractivity contribution in [1.82, 2.24) is 5.32 Å². The minimum atomic E-state index is -0.244. The SMILES string of the molecule is CCCCCCCCCCCCCCCC(=O)N[C@@H](CC)C(N)=NCl. The Morgan fingerprint density at radius 3 is 1.72 bits per heavy atom. The fraction of sp³-hybridized carbons (Fsp3) is 0.900. The van der Waals surface area contributed by atoms with Crippen LogP contribution in [0.4, 0.5) is 0 Å². The maximum Gasteiger partial charge on any atom is 0.220 e. The monoisotopic (exact) mass is 373 g/mol. The van der Waals surface area contributed by atoms with Crippen molar-refractivity contribution in [2.45, 2.75) is 116 Å². The van der Waals surface area contributed by atoms with Crippen LogP contribution >= 0.6 is 11.8 Å². The first-order valence-electron chi connectivity index (χ1n) is 10.4. The molecule has 0 radical (unpaired) electrons. The van der Waals surface area contributed by atoms with Gasteiger partial charge in [0.05, 0.1) is 6.04 Å². The molecule has 0 aliphatic heterocycles. The molecule has 1 atom stereocenters. The van der Waals surface area contributed by atoms with Gasteiger partial charge in [-0.2, -0.15) is 4.51 Å². The molecule has 0 unspecified atom stereocenters. The van der Waals surface area contributed by atoms with Crippen LogP contribution in [-0.4, -0.2) is 17.8 Å². The molecule has 0 saturated carbocycles. The first kappa shape index (κ1) is 24.2. The number of hydrogen-bond acceptors (Lipinski definition) is 2. The highest BCUT2D eigenvalue weighted by molar-refractivity contribution is 6.20. The molecule has 25 heavy (non-hydrogen) atoms. The van der Waals surface area contributed by atoms with E-state index < -0.39 is 0 Å². The third-order valence-electron chi connectivity index (χ3n) is 4.71. The van der Waals surface area contributed by atoms with Crippen LogP contribution in [0.25, 0.3) is 0 Å². The van der Waals surface area contributed by atoms with Crippen molar-refractivity contribution in [3.05, 3.63) is 0 Å². The van der Waals surface area contributed by atoms with E-state index in [2.05, 4.69) is 16.8 Å². The summed E-state index contributed by atoms with van der Waals surface area (Å²) in [5.41, 5.74) is 5.65. The zero-order valence-electron chi connectivity index (χ0n) is 16.5. The van der Waals surface area contributed by atoms with Gasteiger partial charge in [0.2, 0.25) is 5.91 Å². The van der Waals surface area contributed by atoms with Crippen LogP contribution < -0.4 is 11.1 Å². The molecule has 0 saturated heterocycles. The number of halogens is 1. The Kier molecular flexibility index (Phi) is 17.5. The number of nitrogens with zero attached hydrogens (tertiary/aromatic N) is 1. The molecule has 0 aromatic rings. The number of nitrogens with one attached hydrogen (secondary N) is 1. The standard InChI is InChI=1S/C20H40ClN3O/c1-3-5-6-7-8-9-10-11-12-13-14-15-16-17-19(25)23-18(4-2)20(22)24-21/h18H,3-17H2,1-2H3,(H2,22,24)(H,23,25)/t18-/m0/s1. The van der Waals surface area contributed by atoms with Crippen molar-refractivity contribution in [2.24, 2.45) is 10.2 Å². The molecule has 0 spiro atoms. The molecule has 0 aliphatic carbocycles. The zero-order chi connectivity index (χ0) is 18.8. The number of nitrogens with two attached hydrogens (primary N) is 1. The number of carbonyl (C=O) groups is 1. The Morgan fingerprint density at radius 1 is 0.880 bits per heavy atom. The van der Waals surface area contributed by atoms with Crippen LogP contribution in [0.3, 0.4) is 0 Å². The average molecular weight is 374 g/mol. The fourth-order valence-electron chi connectivity index (χ4n) is 3.01. The largest absolute Gasteiger partial charge is 0.384 e. The van der Waals surface area contributed by atoms with Gasteiger partial charge in [-0.05, 0) is 12.8 Å². The van der Waals surface area contributed by atoms with E-state index in [0.717, 1.165) is 12.8 Å². The molecule has 0 aliphatic rings. The van der Waals surface area contributed by atoms with Crippen molar-refractivity contribution >= 4 is 23.5 Å². The Balaban J connectivity index is 3.39. The van der Waals surface area contributed by atoms with Crippen LogP contribution in [0.15, 0.2) is 4.51 Å². The van der Waals surface area contributed by atoms with Gasteiger partial charge < -0.3 is 11.1 Å². The Morgan fingerprint density at radius 2 is 1.32 bits per heavy atom. The zero-order valence-corrected chi connectivity index (χ0v) is 17.3. The predicted molar refractivity (Wildman–Crippen MR) is 110 cm³/mol. The third kappa shape index (κ3) is 15.2. The molecule has 0 fully saturated rings. The molecule has 0 bridgehead atoms. The van der Waals surface area contributed by atoms with E-state index in [-0.39, 0.29) is 17.8 Å². The summed E-state index contributed by atoms with van der Waals surface area (Å²) in [6, 6.07) is -0.244. The summed E-state index contributed by atoms with van der Waals surface area (Å²) in [7, 11) is 0. The summed E-state index contributed by atoms with van der Waals surface area (Å²) in [4.78, 5) is 11.9. The Hall–Kier alpha value is -0.770. The van der Waals surface area contributed by atoms with Gasteiger partial charge in [-0.25, -0.2) is 0 Å². The van der Waals surface area contributed by atoms with Gasteiger partial charge >= 0.3 is 0 Å². The lowest BCUT2D eigenvalue weighted by molar-refractivity contribution is -0.121. The molecule has 3 N–H and O–H groups in total. The van der Waals surface area contributed by atoms with Crippen LogP contribution in [-0.2, 0) is 4.79 Å². The number of hydrogen-bond donors (Lipinski definition) is 2. The van der Waals surface area contributed by atoms with E-state index in [0.29, 0.717) is 12.8 Å². The van der Waals surface area contributed by atoms with Gasteiger partial charge in [-0.1, -0.05) is 90.9 Å². The lowest BCUT2D eigenvalue weighted by atomic mass is 10.0. The second-order valence-electron chi connectivity index (χ2n) is 7.03. The molecule has 4 nitrogen and oxygen atoms in total. The lowest BCUT2D eigenvalue weighted by Gasteiger charge is -2.15. The van der Waals surface area contributed by atoms with Crippen molar-refractivity contribution in [1.29, 1.82) is 0 Å². The number of carbonyl (C=O) groups excluding carboxylic acids is 1. The fourth-order valence-corrected chi connectivity index (χ4v) is 3.13. The Labute approximate surface area is 160 Å². The third-order valence-corrected chi connectivity index (χ3v) is 4.90. The summed E-state index contributed by atoms with van der Waals surface area (Å²) in [6.07, 6.45) is 18.3. The van der Waals surface area contributed by atoms with Gasteiger partial charge in [0.25, 0.3) is 0 Å². The quantitative estimate of drug-likeness (QED) is 0.190. The summed E-state index contributed by atoms with van der Waals surface area (Å²) in [5, 5.41) is 2.88. The van der Waals surface area contributed by atoms with E-state index in [1.165, 1.54) is 70.6 Å². The first-order valence-corrected chi connectivity index (χ1v) is 10.7. The van der Waals surface area contributed by atoms with E-state index in [1.807, 2.05) is 6.92 Å². The maximum atomic E-state index is 11.9. The topological polar surface area (TPSA) is 67.5 Å². The number of rotatable bonds is 17. The predicted octanol–water partition coefficient (Wildman–Crippen LogP) is 5.87. The molecular formula is C20H40ClN3O. The second-order valence-corrected chi connectivity index (χ2v) is 7.20. The molecular weight excluding hydrogens is 334 g/mol. The molecule has 0 aromatic heterocycles. The molecule has 0 aromatic carbocycles. The normalized spacial score (nSPS) is 13.0. The number of amidine groups is 1. The van der Waals surface area contributed by atoms with Gasteiger partial charge in [0.15, 0.2) is 0 Å². The molecule has 1 amide bonds. The highest BCUT2D eigenvalue weighted by Gasteiger charge is 2.13. The van der Waals surface area contributed by atoms with E-state index >= 15 is 0 Å². The minimum Gasteiger partial charge on any atom is -0.384 e. The van der Waals surface area contributed by atoms with Gasteiger partial charge in [-0.3, -0.25) is 4.79 Å². The first-order chi connectivity index (χ1) is 12.2. The highest BCUT2D eigenvalue weighted by atomic mass is 35.5. The van der Waals surface area contributed by atoms with Crippen molar-refractivity contribution < 1.29 is 4.79 Å². The van der Waals surface area contributed by atoms with Gasteiger partial charge in [0.1, 0.15) is 5.84 Å². The lowest BCUT2D eigenvalue weighted by Crippen LogP contribution is -2.43. The van der Waals surface area contributed by atoms with Crippen molar-refractivity contribution in [2.75, 3.05) is 0 Å². The summed E-state index contributed by atoms with van der Waals surface area (Å²) in [6.45, 7) is 4.21. The average Bonchev–Trinajstić information content (AvgIpc) is 2.62. The summed E-state index contributed by atoms with van der Waals surface area (Å²) < 4.78 is 3.43. The smallest absolute Gasteiger partial charge is 0.220 e. The minimum absolute atomic E-state index is 0.0400. The molecule has 148 valence electrons. The van der Waals surface area contributed by atoms with Crippen LogP contribution in [0.2, 0.25) is 0 Å². The van der Waals surface area contributed by atoms with Crippen molar-refractivity contribution in [3.8, 4) is 0 Å². The molecule has 0 rings (SSSR count). The Bertz CT molecular complexity index is 348. The maximum absolute atomic E-state index is 11.9. The summed E-state index contributed by atoms with van der Waals surface area (Å²) >= 11 is 5.36. The van der Waals surface area contributed by atoms with Crippen molar-refractivity contribution in [3.63, 3.8) is 0 Å². The summed E-state index contributed by atoms with van der Waals surface area (Å²) in [5.74, 6) is 0.320. The van der Waals surface area contributed by atoms with Crippen LogP contribution in [0, 0.1) is 0 Å². The van der Waals surface area contributed by atoms with Crippen LogP contribution in [0.1, 0.15) is 110 Å². The van der Waals surface area contributed by atoms with Gasteiger partial charge in [0, 0.05) is 18.2 Å². The number of unbranched alkanes of at least 4 members (excludes halogenated alkanes) is 12. The van der Waals surface area contributed by atoms with Gasteiger partial charge in [-0.15, -0.1) is 0 Å². The van der Waals surface area contributed by atoms with E-state index in [1.54, 1.807) is 0 Å². The molecule has 0 heterocycles. The van der Waals surface area contributed by atoms with Crippen LogP contribution in [0.5, 0.6) is 0 Å². The second kappa shape index (κ2) is 18.0. The number of amides is 1. The molecule has 5 heteroatoms. The van der Waals surface area contributed by atoms with E-state index in [9.17, 15) is 4.79 Å². The highest BCUT2D eigenvalue weighted by Crippen LogP contribution is 2.13.